The van der Waals surface area contributed by atoms with Gasteiger partial charge in [-0.3, -0.25) is 4.79 Å². The van der Waals surface area contributed by atoms with Gasteiger partial charge in [-0.2, -0.15) is 11.8 Å². The van der Waals surface area contributed by atoms with Crippen molar-refractivity contribution < 1.29 is 4.79 Å². The maximum absolute atomic E-state index is 12.1. The van der Waals surface area contributed by atoms with Crippen LogP contribution in [0.3, 0.4) is 0 Å². The molecule has 0 unspecified atom stereocenters. The van der Waals surface area contributed by atoms with E-state index in [0.29, 0.717) is 0 Å². The van der Waals surface area contributed by atoms with Crippen molar-refractivity contribution >= 4 is 29.4 Å². The fourth-order valence-corrected chi connectivity index (χ4v) is 4.66. The fraction of sp³-hybridized carbons (Fsp3) is 0.588. The zero-order valence-corrected chi connectivity index (χ0v) is 14.3. The van der Waals surface area contributed by atoms with Crippen LogP contribution in [0.15, 0.2) is 35.2 Å². The molecule has 1 aliphatic rings. The van der Waals surface area contributed by atoms with Crippen LogP contribution in [0.5, 0.6) is 0 Å². The minimum absolute atomic E-state index is 0.0351. The number of carbonyl (C=O) groups is 1. The van der Waals surface area contributed by atoms with E-state index in [1.54, 1.807) is 11.8 Å². The number of carbonyl (C=O) groups excluding carboxylic acids is 1. The highest BCUT2D eigenvalue weighted by molar-refractivity contribution is 8.00. The molecule has 0 heterocycles. The Labute approximate surface area is 136 Å². The average Bonchev–Trinajstić information content (AvgIpc) is 2.53. The third kappa shape index (κ3) is 6.35. The second-order valence-electron chi connectivity index (χ2n) is 5.49. The summed E-state index contributed by atoms with van der Waals surface area (Å²) in [7, 11) is 0. The van der Waals surface area contributed by atoms with Gasteiger partial charge in [0.25, 0.3) is 0 Å². The van der Waals surface area contributed by atoms with E-state index in [0.717, 1.165) is 22.4 Å². The molecule has 1 aromatic carbocycles. The lowest BCUT2D eigenvalue weighted by atomic mass is 10.0. The van der Waals surface area contributed by atoms with Crippen molar-refractivity contribution in [3.63, 3.8) is 0 Å². The molecule has 1 N–H and O–H groups in total. The SMILES string of the molecule is C[C@H](Sc1ccccc1)C(=O)NCCSC1CCCCC1. The maximum Gasteiger partial charge on any atom is 0.233 e. The van der Waals surface area contributed by atoms with Gasteiger partial charge in [0.1, 0.15) is 0 Å². The van der Waals surface area contributed by atoms with Crippen molar-refractivity contribution in [3.8, 4) is 0 Å². The van der Waals surface area contributed by atoms with E-state index in [-0.39, 0.29) is 11.2 Å². The van der Waals surface area contributed by atoms with E-state index in [1.807, 2.05) is 49.0 Å². The maximum atomic E-state index is 12.1. The predicted octanol–water partition coefficient (Wildman–Crippen LogP) is 4.35. The van der Waals surface area contributed by atoms with E-state index >= 15 is 0 Å². The van der Waals surface area contributed by atoms with Crippen LogP contribution in [0.4, 0.5) is 0 Å². The Morgan fingerprint density at radius 1 is 1.24 bits per heavy atom. The molecule has 1 saturated carbocycles. The van der Waals surface area contributed by atoms with Gasteiger partial charge in [-0.1, -0.05) is 37.5 Å². The Hall–Kier alpha value is -0.610. The molecular formula is C17H25NOS2. The topological polar surface area (TPSA) is 29.1 Å². The number of thioether (sulfide) groups is 2. The molecule has 0 bridgehead atoms. The average molecular weight is 324 g/mol. The highest BCUT2D eigenvalue weighted by Gasteiger charge is 2.15. The number of nitrogens with one attached hydrogen (secondary N) is 1. The van der Waals surface area contributed by atoms with E-state index < -0.39 is 0 Å². The molecule has 0 aliphatic heterocycles. The van der Waals surface area contributed by atoms with Crippen LogP contribution >= 0.6 is 23.5 Å². The van der Waals surface area contributed by atoms with Gasteiger partial charge in [0.15, 0.2) is 0 Å². The normalized spacial score (nSPS) is 17.4. The number of amides is 1. The van der Waals surface area contributed by atoms with Gasteiger partial charge in [-0.15, -0.1) is 11.8 Å². The molecule has 1 aliphatic carbocycles. The highest BCUT2D eigenvalue weighted by atomic mass is 32.2. The van der Waals surface area contributed by atoms with Crippen LogP contribution in [0.25, 0.3) is 0 Å². The van der Waals surface area contributed by atoms with Crippen molar-refractivity contribution in [1.82, 2.24) is 5.32 Å². The molecule has 2 nitrogen and oxygen atoms in total. The minimum Gasteiger partial charge on any atom is -0.354 e. The Kier molecular flexibility index (Phi) is 7.51. The predicted molar refractivity (Wildman–Crippen MR) is 94.1 cm³/mol. The lowest BCUT2D eigenvalue weighted by Crippen LogP contribution is -2.32. The smallest absolute Gasteiger partial charge is 0.233 e. The van der Waals surface area contributed by atoms with Crippen LogP contribution < -0.4 is 5.32 Å². The first kappa shape index (κ1) is 16.8. The van der Waals surface area contributed by atoms with Gasteiger partial charge >= 0.3 is 0 Å². The summed E-state index contributed by atoms with van der Waals surface area (Å²) in [6, 6.07) is 10.1. The largest absolute Gasteiger partial charge is 0.354 e. The summed E-state index contributed by atoms with van der Waals surface area (Å²) < 4.78 is 0. The summed E-state index contributed by atoms with van der Waals surface area (Å²) in [5, 5.41) is 3.85. The molecule has 21 heavy (non-hydrogen) atoms. The Balaban J connectivity index is 1.60. The summed E-state index contributed by atoms with van der Waals surface area (Å²) in [4.78, 5) is 13.2. The number of rotatable bonds is 7. The van der Waals surface area contributed by atoms with Crippen molar-refractivity contribution in [2.75, 3.05) is 12.3 Å². The van der Waals surface area contributed by atoms with Gasteiger partial charge in [0.05, 0.1) is 5.25 Å². The molecule has 0 saturated heterocycles. The Morgan fingerprint density at radius 3 is 2.67 bits per heavy atom. The van der Waals surface area contributed by atoms with Crippen LogP contribution in [0, 0.1) is 0 Å². The second kappa shape index (κ2) is 9.42. The summed E-state index contributed by atoms with van der Waals surface area (Å²) in [6.07, 6.45) is 6.89. The molecule has 1 aromatic rings. The lowest BCUT2D eigenvalue weighted by Gasteiger charge is -2.21. The van der Waals surface area contributed by atoms with Gasteiger partial charge in [-0.05, 0) is 31.9 Å². The molecule has 1 atom stereocenters. The molecule has 116 valence electrons. The summed E-state index contributed by atoms with van der Waals surface area (Å²) >= 11 is 3.65. The molecule has 2 rings (SSSR count). The zero-order valence-electron chi connectivity index (χ0n) is 12.7. The van der Waals surface area contributed by atoms with Crippen LogP contribution in [0.1, 0.15) is 39.0 Å². The molecule has 0 spiro atoms. The molecule has 4 heteroatoms. The molecule has 0 radical (unpaired) electrons. The molecule has 1 amide bonds. The zero-order chi connectivity index (χ0) is 14.9. The number of hydrogen-bond donors (Lipinski definition) is 1. The third-order valence-corrected chi connectivity index (χ3v) is 6.23. The molecular weight excluding hydrogens is 298 g/mol. The monoisotopic (exact) mass is 323 g/mol. The number of hydrogen-bond acceptors (Lipinski definition) is 3. The third-order valence-electron chi connectivity index (χ3n) is 3.73. The molecule has 0 aromatic heterocycles. The van der Waals surface area contributed by atoms with E-state index in [2.05, 4.69) is 5.32 Å². The fourth-order valence-electron chi connectivity index (χ4n) is 2.53. The summed E-state index contributed by atoms with van der Waals surface area (Å²) in [6.45, 7) is 2.76. The first-order valence-corrected chi connectivity index (χ1v) is 9.79. The summed E-state index contributed by atoms with van der Waals surface area (Å²) in [5.74, 6) is 1.19. The second-order valence-corrected chi connectivity index (χ2v) is 8.32. The number of benzene rings is 1. The van der Waals surface area contributed by atoms with Gasteiger partial charge in [0.2, 0.25) is 5.91 Å². The van der Waals surface area contributed by atoms with Crippen molar-refractivity contribution in [2.24, 2.45) is 0 Å². The van der Waals surface area contributed by atoms with Crippen LogP contribution in [-0.4, -0.2) is 28.7 Å². The van der Waals surface area contributed by atoms with Crippen molar-refractivity contribution in [1.29, 1.82) is 0 Å². The lowest BCUT2D eigenvalue weighted by molar-refractivity contribution is -0.120. The van der Waals surface area contributed by atoms with Gasteiger partial charge in [-0.25, -0.2) is 0 Å². The van der Waals surface area contributed by atoms with Crippen LogP contribution in [0.2, 0.25) is 0 Å². The summed E-state index contributed by atoms with van der Waals surface area (Å²) in [5.41, 5.74) is 0. The van der Waals surface area contributed by atoms with Gasteiger partial charge < -0.3 is 5.32 Å². The van der Waals surface area contributed by atoms with E-state index in [1.165, 1.54) is 32.1 Å². The van der Waals surface area contributed by atoms with Crippen LogP contribution in [-0.2, 0) is 4.79 Å². The van der Waals surface area contributed by atoms with E-state index in [9.17, 15) is 4.79 Å². The minimum atomic E-state index is -0.0351. The first-order chi connectivity index (χ1) is 10.3. The van der Waals surface area contributed by atoms with Crippen molar-refractivity contribution in [3.05, 3.63) is 30.3 Å². The van der Waals surface area contributed by atoms with E-state index in [4.69, 9.17) is 0 Å². The standard InChI is InChI=1S/C17H25NOS2/c1-14(21-16-10-6-3-7-11-16)17(19)18-12-13-20-15-8-4-2-5-9-15/h3,6-7,10-11,14-15H,2,4-5,8-9,12-13H2,1H3,(H,18,19)/t14-/m0/s1. The Bertz CT molecular complexity index is 418. The Morgan fingerprint density at radius 2 is 1.95 bits per heavy atom. The quantitative estimate of drug-likeness (QED) is 0.597. The molecule has 1 fully saturated rings. The first-order valence-electron chi connectivity index (χ1n) is 7.87. The van der Waals surface area contributed by atoms with Gasteiger partial charge in [0, 0.05) is 22.4 Å². The highest BCUT2D eigenvalue weighted by Crippen LogP contribution is 2.27. The van der Waals surface area contributed by atoms with Crippen molar-refractivity contribution in [2.45, 2.75) is 54.4 Å².